The van der Waals surface area contributed by atoms with Crippen LogP contribution in [0.3, 0.4) is 0 Å². The topological polar surface area (TPSA) is 53.0 Å². The lowest BCUT2D eigenvalue weighted by Gasteiger charge is -2.36. The normalized spacial score (nSPS) is 30.4. The van der Waals surface area contributed by atoms with Gasteiger partial charge in [-0.1, -0.05) is 6.92 Å². The van der Waals surface area contributed by atoms with E-state index in [4.69, 9.17) is 4.74 Å². The fraction of sp³-hybridized carbons (Fsp3) is 0.923. The van der Waals surface area contributed by atoms with Gasteiger partial charge in [0.1, 0.15) is 0 Å². The molecule has 0 aromatic carbocycles. The smallest absolute Gasteiger partial charge is 0.236 e. The van der Waals surface area contributed by atoms with E-state index in [0.29, 0.717) is 38.8 Å². The van der Waals surface area contributed by atoms with Gasteiger partial charge >= 0.3 is 0 Å². The van der Waals surface area contributed by atoms with Gasteiger partial charge < -0.3 is 14.7 Å². The maximum atomic E-state index is 12.1. The quantitative estimate of drug-likeness (QED) is 0.768. The van der Waals surface area contributed by atoms with Crippen LogP contribution < -0.4 is 0 Å². The van der Waals surface area contributed by atoms with Gasteiger partial charge in [0.2, 0.25) is 5.91 Å². The van der Waals surface area contributed by atoms with Crippen LogP contribution in [0.2, 0.25) is 0 Å². The zero-order valence-corrected chi connectivity index (χ0v) is 11.2. The van der Waals surface area contributed by atoms with Gasteiger partial charge in [0.25, 0.3) is 0 Å². The number of hydrogen-bond acceptors (Lipinski definition) is 4. The highest BCUT2D eigenvalue weighted by atomic mass is 16.5. The van der Waals surface area contributed by atoms with E-state index in [2.05, 4.69) is 11.8 Å². The molecule has 2 aliphatic heterocycles. The number of aliphatic hydroxyl groups is 1. The Morgan fingerprint density at radius 3 is 2.72 bits per heavy atom. The van der Waals surface area contributed by atoms with Crippen molar-refractivity contribution in [2.24, 2.45) is 5.92 Å². The largest absolute Gasteiger partial charge is 0.393 e. The van der Waals surface area contributed by atoms with E-state index in [-0.39, 0.29) is 12.0 Å². The molecule has 1 amide bonds. The summed E-state index contributed by atoms with van der Waals surface area (Å²) in [7, 11) is 0. The summed E-state index contributed by atoms with van der Waals surface area (Å²) in [4.78, 5) is 16.2. The average Bonchev–Trinajstić information content (AvgIpc) is 2.42. The molecule has 2 atom stereocenters. The molecule has 5 nitrogen and oxygen atoms in total. The lowest BCUT2D eigenvalue weighted by molar-refractivity contribution is -0.137. The second-order valence-corrected chi connectivity index (χ2v) is 5.25. The number of rotatable bonds is 3. The van der Waals surface area contributed by atoms with E-state index in [9.17, 15) is 9.90 Å². The van der Waals surface area contributed by atoms with Crippen molar-refractivity contribution in [3.8, 4) is 0 Å². The number of ether oxygens (including phenoxy) is 1. The first-order chi connectivity index (χ1) is 8.70. The standard InChI is InChI=1S/C13H24N2O3/c1-2-11-9-14(4-3-12(11)16)10-13(17)15-5-7-18-8-6-15/h11-12,16H,2-10H2,1H3. The minimum atomic E-state index is -0.190. The second-order valence-electron chi connectivity index (χ2n) is 5.25. The molecule has 0 aromatic heterocycles. The van der Waals surface area contributed by atoms with E-state index in [1.165, 1.54) is 0 Å². The third-order valence-electron chi connectivity index (χ3n) is 4.02. The summed E-state index contributed by atoms with van der Waals surface area (Å²) in [6.07, 6.45) is 1.57. The van der Waals surface area contributed by atoms with E-state index in [1.807, 2.05) is 4.90 Å². The number of hydrogen-bond donors (Lipinski definition) is 1. The van der Waals surface area contributed by atoms with Crippen molar-refractivity contribution in [3.63, 3.8) is 0 Å². The monoisotopic (exact) mass is 256 g/mol. The van der Waals surface area contributed by atoms with Crippen molar-refractivity contribution < 1.29 is 14.6 Å². The predicted octanol–water partition coefficient (Wildman–Crippen LogP) is -0.0620. The van der Waals surface area contributed by atoms with Crippen LogP contribution >= 0.6 is 0 Å². The molecule has 0 bridgehead atoms. The summed E-state index contributed by atoms with van der Waals surface area (Å²) in [6, 6.07) is 0. The van der Waals surface area contributed by atoms with Crippen LogP contribution in [-0.2, 0) is 9.53 Å². The zero-order valence-electron chi connectivity index (χ0n) is 11.2. The van der Waals surface area contributed by atoms with Crippen molar-refractivity contribution in [3.05, 3.63) is 0 Å². The maximum absolute atomic E-state index is 12.1. The first-order valence-corrected chi connectivity index (χ1v) is 6.96. The number of carbonyl (C=O) groups excluding carboxylic acids is 1. The molecule has 2 unspecified atom stereocenters. The Morgan fingerprint density at radius 2 is 2.06 bits per heavy atom. The molecule has 2 fully saturated rings. The van der Waals surface area contributed by atoms with Crippen LogP contribution in [0, 0.1) is 5.92 Å². The van der Waals surface area contributed by atoms with E-state index < -0.39 is 0 Å². The van der Waals surface area contributed by atoms with Crippen molar-refractivity contribution in [2.45, 2.75) is 25.9 Å². The third-order valence-corrected chi connectivity index (χ3v) is 4.02. The number of nitrogens with zero attached hydrogens (tertiary/aromatic N) is 2. The van der Waals surface area contributed by atoms with Gasteiger partial charge in [0.15, 0.2) is 0 Å². The molecular weight excluding hydrogens is 232 g/mol. The molecule has 5 heteroatoms. The summed E-state index contributed by atoms with van der Waals surface area (Å²) < 4.78 is 5.25. The molecule has 2 heterocycles. The number of aliphatic hydroxyl groups excluding tert-OH is 1. The molecule has 18 heavy (non-hydrogen) atoms. The molecule has 2 rings (SSSR count). The Balaban J connectivity index is 1.80. The predicted molar refractivity (Wildman–Crippen MR) is 68.2 cm³/mol. The fourth-order valence-corrected chi connectivity index (χ4v) is 2.74. The fourth-order valence-electron chi connectivity index (χ4n) is 2.74. The number of carbonyl (C=O) groups is 1. The molecular formula is C13H24N2O3. The molecule has 2 saturated heterocycles. The van der Waals surface area contributed by atoms with Crippen LogP contribution in [0.1, 0.15) is 19.8 Å². The Hall–Kier alpha value is -0.650. The first-order valence-electron chi connectivity index (χ1n) is 6.96. The summed E-state index contributed by atoms with van der Waals surface area (Å²) >= 11 is 0. The van der Waals surface area contributed by atoms with Gasteiger partial charge in [-0.05, 0) is 18.8 Å². The van der Waals surface area contributed by atoms with Crippen molar-refractivity contribution in [2.75, 3.05) is 45.9 Å². The minimum absolute atomic E-state index is 0.190. The van der Waals surface area contributed by atoms with Gasteiger partial charge in [-0.2, -0.15) is 0 Å². The van der Waals surface area contributed by atoms with Crippen LogP contribution in [0.15, 0.2) is 0 Å². The number of morpholine rings is 1. The molecule has 1 N–H and O–H groups in total. The maximum Gasteiger partial charge on any atom is 0.236 e. The van der Waals surface area contributed by atoms with Gasteiger partial charge in [0.05, 0.1) is 25.9 Å². The number of likely N-dealkylation sites (tertiary alicyclic amines) is 1. The molecule has 0 radical (unpaired) electrons. The Labute approximate surface area is 109 Å². The van der Waals surface area contributed by atoms with Crippen LogP contribution in [0.25, 0.3) is 0 Å². The molecule has 2 aliphatic rings. The summed E-state index contributed by atoms with van der Waals surface area (Å²) in [5.74, 6) is 0.515. The van der Waals surface area contributed by atoms with Crippen LogP contribution in [-0.4, -0.2) is 72.9 Å². The highest BCUT2D eigenvalue weighted by molar-refractivity contribution is 5.78. The first kappa shape index (κ1) is 13.8. The molecule has 0 saturated carbocycles. The summed E-state index contributed by atoms with van der Waals surface area (Å²) in [5.41, 5.74) is 0. The molecule has 104 valence electrons. The third kappa shape index (κ3) is 3.43. The molecule has 0 aliphatic carbocycles. The highest BCUT2D eigenvalue weighted by Crippen LogP contribution is 2.19. The van der Waals surface area contributed by atoms with Gasteiger partial charge in [-0.3, -0.25) is 9.69 Å². The summed E-state index contributed by atoms with van der Waals surface area (Å²) in [5, 5.41) is 9.83. The van der Waals surface area contributed by atoms with Crippen molar-refractivity contribution >= 4 is 5.91 Å². The Bertz CT molecular complexity index is 279. The van der Waals surface area contributed by atoms with Crippen molar-refractivity contribution in [1.29, 1.82) is 0 Å². The average molecular weight is 256 g/mol. The lowest BCUT2D eigenvalue weighted by atomic mass is 9.92. The van der Waals surface area contributed by atoms with E-state index in [0.717, 1.165) is 25.9 Å². The van der Waals surface area contributed by atoms with Gasteiger partial charge in [-0.15, -0.1) is 0 Å². The molecule has 0 spiro atoms. The second kappa shape index (κ2) is 6.50. The Kier molecular flexibility index (Phi) is 4.97. The Morgan fingerprint density at radius 1 is 1.33 bits per heavy atom. The minimum Gasteiger partial charge on any atom is -0.393 e. The summed E-state index contributed by atoms with van der Waals surface area (Å²) in [6.45, 7) is 7.00. The van der Waals surface area contributed by atoms with Crippen LogP contribution in [0.5, 0.6) is 0 Å². The number of amides is 1. The lowest BCUT2D eigenvalue weighted by Crippen LogP contribution is -2.49. The SMILES string of the molecule is CCC1CN(CC(=O)N2CCOCC2)CCC1O. The van der Waals surface area contributed by atoms with E-state index in [1.54, 1.807) is 0 Å². The highest BCUT2D eigenvalue weighted by Gasteiger charge is 2.28. The van der Waals surface area contributed by atoms with E-state index >= 15 is 0 Å². The number of piperidine rings is 1. The zero-order chi connectivity index (χ0) is 13.0. The van der Waals surface area contributed by atoms with Crippen LogP contribution in [0.4, 0.5) is 0 Å². The van der Waals surface area contributed by atoms with Gasteiger partial charge in [-0.25, -0.2) is 0 Å². The molecule has 0 aromatic rings. The van der Waals surface area contributed by atoms with Crippen molar-refractivity contribution in [1.82, 2.24) is 9.80 Å². The van der Waals surface area contributed by atoms with Gasteiger partial charge in [0, 0.05) is 26.2 Å².